The van der Waals surface area contributed by atoms with Crippen LogP contribution in [0.1, 0.15) is 41.9 Å². The molecule has 0 amide bonds. The predicted molar refractivity (Wildman–Crippen MR) is 83.2 cm³/mol. The molecule has 0 spiro atoms. The second-order valence-electron chi connectivity index (χ2n) is 4.69. The van der Waals surface area contributed by atoms with E-state index in [4.69, 9.17) is 0 Å². The maximum absolute atomic E-state index is 3.64. The Kier molecular flexibility index (Phi) is 4.60. The van der Waals surface area contributed by atoms with Crippen LogP contribution in [0.5, 0.6) is 0 Å². The van der Waals surface area contributed by atoms with E-state index < -0.39 is 0 Å². The summed E-state index contributed by atoms with van der Waals surface area (Å²) in [5, 5.41) is 5.77. The maximum atomic E-state index is 3.64. The minimum absolute atomic E-state index is 0.362. The van der Waals surface area contributed by atoms with Gasteiger partial charge in [-0.05, 0) is 48.3 Å². The molecule has 1 aromatic carbocycles. The Morgan fingerprint density at radius 2 is 1.94 bits per heavy atom. The topological polar surface area (TPSA) is 12.0 Å². The number of halogens is 1. The van der Waals surface area contributed by atoms with Gasteiger partial charge in [0.1, 0.15) is 0 Å². The van der Waals surface area contributed by atoms with Crippen LogP contribution in [0.4, 0.5) is 0 Å². The molecule has 96 valence electrons. The van der Waals surface area contributed by atoms with E-state index in [0.29, 0.717) is 12.1 Å². The fourth-order valence-electron chi connectivity index (χ4n) is 2.05. The first-order valence-corrected chi connectivity index (χ1v) is 7.80. The lowest BCUT2D eigenvalue weighted by molar-refractivity contribution is 0.500. The van der Waals surface area contributed by atoms with Gasteiger partial charge in [0.25, 0.3) is 0 Å². The van der Waals surface area contributed by atoms with E-state index in [1.165, 1.54) is 20.5 Å². The molecule has 0 saturated heterocycles. The lowest BCUT2D eigenvalue weighted by Gasteiger charge is -2.19. The third-order valence-corrected chi connectivity index (χ3v) is 4.93. The number of rotatable bonds is 4. The molecule has 0 radical (unpaired) electrons. The summed E-state index contributed by atoms with van der Waals surface area (Å²) in [4.78, 5) is 1.36. The lowest BCUT2D eigenvalue weighted by atomic mass is 10.0. The van der Waals surface area contributed by atoms with Gasteiger partial charge in [-0.2, -0.15) is 0 Å². The SMILES string of the molecule is Cc1cccc([C@H](C)NC(C)c2cc(Br)cs2)c1. The second-order valence-corrected chi connectivity index (χ2v) is 6.55. The molecular weight excluding hydrogens is 306 g/mol. The molecule has 0 aliphatic rings. The molecule has 0 fully saturated rings. The molecule has 1 aromatic heterocycles. The number of benzene rings is 1. The Bertz CT molecular complexity index is 521. The van der Waals surface area contributed by atoms with Crippen LogP contribution in [0.3, 0.4) is 0 Å². The first-order chi connectivity index (χ1) is 8.56. The number of hydrogen-bond acceptors (Lipinski definition) is 2. The van der Waals surface area contributed by atoms with Crippen molar-refractivity contribution in [3.8, 4) is 0 Å². The van der Waals surface area contributed by atoms with Crippen LogP contribution >= 0.6 is 27.3 Å². The van der Waals surface area contributed by atoms with Gasteiger partial charge in [0.2, 0.25) is 0 Å². The van der Waals surface area contributed by atoms with Gasteiger partial charge in [0.15, 0.2) is 0 Å². The van der Waals surface area contributed by atoms with Crippen LogP contribution in [0, 0.1) is 6.92 Å². The van der Waals surface area contributed by atoms with Crippen molar-refractivity contribution in [2.75, 3.05) is 0 Å². The van der Waals surface area contributed by atoms with E-state index in [9.17, 15) is 0 Å². The zero-order chi connectivity index (χ0) is 13.1. The first kappa shape index (κ1) is 13.8. The molecule has 2 aromatic rings. The van der Waals surface area contributed by atoms with E-state index in [1.807, 2.05) is 0 Å². The molecule has 18 heavy (non-hydrogen) atoms. The van der Waals surface area contributed by atoms with Crippen LogP contribution < -0.4 is 5.32 Å². The molecular formula is C15H18BrNS. The highest BCUT2D eigenvalue weighted by molar-refractivity contribution is 9.10. The zero-order valence-electron chi connectivity index (χ0n) is 10.9. The quantitative estimate of drug-likeness (QED) is 0.812. The Morgan fingerprint density at radius 3 is 2.56 bits per heavy atom. The van der Waals surface area contributed by atoms with E-state index in [1.54, 1.807) is 11.3 Å². The highest BCUT2D eigenvalue weighted by Gasteiger charge is 2.12. The second kappa shape index (κ2) is 6.00. The van der Waals surface area contributed by atoms with Crippen LogP contribution in [0.15, 0.2) is 40.2 Å². The van der Waals surface area contributed by atoms with Crippen LogP contribution in [0.2, 0.25) is 0 Å². The number of hydrogen-bond donors (Lipinski definition) is 1. The van der Waals surface area contributed by atoms with Crippen molar-refractivity contribution in [2.45, 2.75) is 32.9 Å². The molecule has 1 unspecified atom stereocenters. The molecule has 1 heterocycles. The van der Waals surface area contributed by atoms with Gasteiger partial charge in [-0.1, -0.05) is 29.8 Å². The minimum atomic E-state index is 0.362. The van der Waals surface area contributed by atoms with Gasteiger partial charge in [0.05, 0.1) is 0 Å². The van der Waals surface area contributed by atoms with Crippen molar-refractivity contribution in [1.82, 2.24) is 5.32 Å². The average molecular weight is 324 g/mol. The van der Waals surface area contributed by atoms with Crippen molar-refractivity contribution in [3.63, 3.8) is 0 Å². The van der Waals surface area contributed by atoms with Crippen molar-refractivity contribution in [3.05, 3.63) is 56.2 Å². The summed E-state index contributed by atoms with van der Waals surface area (Å²) in [6.45, 7) is 6.56. The molecule has 2 rings (SSSR count). The summed E-state index contributed by atoms with van der Waals surface area (Å²) in [6.07, 6.45) is 0. The largest absolute Gasteiger partial charge is 0.303 e. The average Bonchev–Trinajstić information content (AvgIpc) is 2.76. The van der Waals surface area contributed by atoms with Gasteiger partial charge in [-0.3, -0.25) is 0 Å². The molecule has 1 N–H and O–H groups in total. The Hall–Kier alpha value is -0.640. The number of thiophene rings is 1. The third-order valence-electron chi connectivity index (χ3n) is 3.06. The fourth-order valence-corrected chi connectivity index (χ4v) is 3.51. The third kappa shape index (κ3) is 3.44. The zero-order valence-corrected chi connectivity index (χ0v) is 13.3. The van der Waals surface area contributed by atoms with Crippen LogP contribution in [0.25, 0.3) is 0 Å². The predicted octanol–water partition coefficient (Wildman–Crippen LogP) is 5.23. The molecule has 0 saturated carbocycles. The Labute approximate surface area is 121 Å². The van der Waals surface area contributed by atoms with Crippen molar-refractivity contribution < 1.29 is 0 Å². The highest BCUT2D eigenvalue weighted by Crippen LogP contribution is 2.27. The van der Waals surface area contributed by atoms with Gasteiger partial charge < -0.3 is 5.32 Å². The van der Waals surface area contributed by atoms with E-state index in [0.717, 1.165) is 0 Å². The van der Waals surface area contributed by atoms with E-state index in [2.05, 4.69) is 77.7 Å². The Balaban J connectivity index is 2.05. The molecule has 2 atom stereocenters. The summed E-state index contributed by atoms with van der Waals surface area (Å²) in [5.74, 6) is 0. The number of nitrogens with one attached hydrogen (secondary N) is 1. The highest BCUT2D eigenvalue weighted by atomic mass is 79.9. The molecule has 0 bridgehead atoms. The molecule has 0 aliphatic heterocycles. The standard InChI is InChI=1S/C15H18BrNS/c1-10-5-4-6-13(7-10)11(2)17-12(3)15-8-14(16)9-18-15/h4-9,11-12,17H,1-3H3/t11-,12?/m0/s1. The molecule has 0 aliphatic carbocycles. The smallest absolute Gasteiger partial charge is 0.0391 e. The minimum Gasteiger partial charge on any atom is -0.303 e. The van der Waals surface area contributed by atoms with Crippen LogP contribution in [-0.2, 0) is 0 Å². The first-order valence-electron chi connectivity index (χ1n) is 6.13. The summed E-state index contributed by atoms with van der Waals surface area (Å²) in [6, 6.07) is 11.6. The van der Waals surface area contributed by atoms with Crippen molar-refractivity contribution >= 4 is 27.3 Å². The lowest BCUT2D eigenvalue weighted by Crippen LogP contribution is -2.21. The summed E-state index contributed by atoms with van der Waals surface area (Å²) in [5.41, 5.74) is 2.66. The normalized spacial score (nSPS) is 14.4. The van der Waals surface area contributed by atoms with Gasteiger partial charge in [-0.25, -0.2) is 0 Å². The van der Waals surface area contributed by atoms with Gasteiger partial charge >= 0.3 is 0 Å². The van der Waals surface area contributed by atoms with Gasteiger partial charge in [-0.15, -0.1) is 11.3 Å². The van der Waals surface area contributed by atoms with Crippen molar-refractivity contribution in [2.24, 2.45) is 0 Å². The maximum Gasteiger partial charge on any atom is 0.0391 e. The van der Waals surface area contributed by atoms with Crippen molar-refractivity contribution in [1.29, 1.82) is 0 Å². The number of aryl methyl sites for hydroxylation is 1. The summed E-state index contributed by atoms with van der Waals surface area (Å²) in [7, 11) is 0. The van der Waals surface area contributed by atoms with E-state index in [-0.39, 0.29) is 0 Å². The van der Waals surface area contributed by atoms with Crippen LogP contribution in [-0.4, -0.2) is 0 Å². The monoisotopic (exact) mass is 323 g/mol. The summed E-state index contributed by atoms with van der Waals surface area (Å²) < 4.78 is 1.17. The molecule has 1 nitrogen and oxygen atoms in total. The Morgan fingerprint density at radius 1 is 1.17 bits per heavy atom. The van der Waals surface area contributed by atoms with Gasteiger partial charge in [0, 0.05) is 26.8 Å². The fraction of sp³-hybridized carbons (Fsp3) is 0.333. The summed E-state index contributed by atoms with van der Waals surface area (Å²) >= 11 is 5.29. The molecule has 3 heteroatoms. The van der Waals surface area contributed by atoms with E-state index >= 15 is 0 Å².